The highest BCUT2D eigenvalue weighted by molar-refractivity contribution is 7.92. The van der Waals surface area contributed by atoms with Crippen LogP contribution in [0.2, 0.25) is 0 Å². The van der Waals surface area contributed by atoms with Gasteiger partial charge in [0.05, 0.1) is 17.9 Å². The highest BCUT2D eigenvalue weighted by Crippen LogP contribution is 2.33. The predicted molar refractivity (Wildman–Crippen MR) is 78.6 cm³/mol. The van der Waals surface area contributed by atoms with E-state index in [4.69, 9.17) is 9.84 Å². The lowest BCUT2D eigenvalue weighted by molar-refractivity contribution is 0.0696. The molecule has 0 heterocycles. The molecule has 1 N–H and O–H groups in total. The predicted octanol–water partition coefficient (Wildman–Crippen LogP) is 2.89. The summed E-state index contributed by atoms with van der Waals surface area (Å²) in [6, 6.07) is 3.97. The van der Waals surface area contributed by atoms with E-state index in [1.165, 1.54) is 25.3 Å². The Morgan fingerprint density at radius 2 is 1.81 bits per heavy atom. The van der Waals surface area contributed by atoms with Crippen molar-refractivity contribution in [2.75, 3.05) is 7.11 Å². The first-order valence-corrected chi connectivity index (χ1v) is 8.66. The molecule has 6 heteroatoms. The minimum Gasteiger partial charge on any atom is -0.495 e. The van der Waals surface area contributed by atoms with Crippen molar-refractivity contribution in [1.29, 1.82) is 0 Å². The molecule has 2 rings (SSSR count). The number of hydrogen-bond acceptors (Lipinski definition) is 4. The van der Waals surface area contributed by atoms with Crippen LogP contribution in [0.4, 0.5) is 0 Å². The van der Waals surface area contributed by atoms with Crippen LogP contribution in [-0.2, 0) is 9.84 Å². The maximum atomic E-state index is 12.8. The number of carbonyl (C=O) groups is 1. The molecule has 0 atom stereocenters. The van der Waals surface area contributed by atoms with Gasteiger partial charge in [-0.25, -0.2) is 13.2 Å². The third-order valence-corrected chi connectivity index (χ3v) is 6.24. The molecule has 5 nitrogen and oxygen atoms in total. The fourth-order valence-electron chi connectivity index (χ4n) is 2.76. The molecule has 1 aromatic carbocycles. The van der Waals surface area contributed by atoms with E-state index in [0.29, 0.717) is 12.8 Å². The van der Waals surface area contributed by atoms with Crippen LogP contribution in [0.15, 0.2) is 23.1 Å². The lowest BCUT2D eigenvalue weighted by Gasteiger charge is -2.17. The zero-order valence-electron chi connectivity index (χ0n) is 12.0. The van der Waals surface area contributed by atoms with Crippen LogP contribution in [0.25, 0.3) is 0 Å². The molecule has 0 unspecified atom stereocenters. The Kier molecular flexibility index (Phi) is 4.88. The van der Waals surface area contributed by atoms with Crippen LogP contribution in [-0.4, -0.2) is 31.9 Å². The number of sulfone groups is 1. The van der Waals surface area contributed by atoms with Gasteiger partial charge in [0.15, 0.2) is 9.84 Å². The lowest BCUT2D eigenvalue weighted by atomic mass is 10.2. The molecule has 0 aromatic heterocycles. The molecular formula is C15H20O5S. The number of methoxy groups -OCH3 is 1. The minimum atomic E-state index is -3.57. The van der Waals surface area contributed by atoms with Crippen molar-refractivity contribution in [3.63, 3.8) is 0 Å². The molecule has 21 heavy (non-hydrogen) atoms. The van der Waals surface area contributed by atoms with Crippen LogP contribution < -0.4 is 4.74 Å². The summed E-state index contributed by atoms with van der Waals surface area (Å²) in [7, 11) is -2.18. The van der Waals surface area contributed by atoms with Crippen molar-refractivity contribution >= 4 is 15.8 Å². The zero-order valence-corrected chi connectivity index (χ0v) is 12.9. The van der Waals surface area contributed by atoms with Gasteiger partial charge in [-0.05, 0) is 31.0 Å². The van der Waals surface area contributed by atoms with E-state index in [-0.39, 0.29) is 16.2 Å². The summed E-state index contributed by atoms with van der Waals surface area (Å²) in [5.41, 5.74) is -0.0389. The van der Waals surface area contributed by atoms with Crippen LogP contribution in [0.1, 0.15) is 48.9 Å². The van der Waals surface area contributed by atoms with E-state index in [1.807, 2.05) is 0 Å². The Balaban J connectivity index is 2.46. The standard InChI is InChI=1S/C15H20O5S/c1-20-13-9-8-11(15(16)17)10-14(13)21(18,19)12-6-4-2-3-5-7-12/h8-10,12H,2-7H2,1H3,(H,16,17). The van der Waals surface area contributed by atoms with Gasteiger partial charge in [-0.2, -0.15) is 0 Å². The second-order valence-corrected chi connectivity index (χ2v) is 7.53. The van der Waals surface area contributed by atoms with Crippen LogP contribution in [0, 0.1) is 0 Å². The summed E-state index contributed by atoms with van der Waals surface area (Å²) in [5.74, 6) is -0.931. The van der Waals surface area contributed by atoms with E-state index >= 15 is 0 Å². The maximum Gasteiger partial charge on any atom is 0.335 e. The third-order valence-electron chi connectivity index (χ3n) is 3.96. The van der Waals surface area contributed by atoms with E-state index in [1.54, 1.807) is 0 Å². The number of carboxylic acid groups (broad SMARTS) is 1. The Labute approximate surface area is 124 Å². The molecule has 0 bridgehead atoms. The van der Waals surface area contributed by atoms with E-state index in [0.717, 1.165) is 25.7 Å². The van der Waals surface area contributed by atoms with Gasteiger partial charge in [0, 0.05) is 0 Å². The number of hydrogen-bond donors (Lipinski definition) is 1. The maximum absolute atomic E-state index is 12.8. The quantitative estimate of drug-likeness (QED) is 0.865. The molecule has 1 aliphatic rings. The SMILES string of the molecule is COc1ccc(C(=O)O)cc1S(=O)(=O)C1CCCCCC1. The number of benzene rings is 1. The topological polar surface area (TPSA) is 80.7 Å². The highest BCUT2D eigenvalue weighted by Gasteiger charge is 2.31. The molecule has 0 amide bonds. The van der Waals surface area contributed by atoms with Gasteiger partial charge >= 0.3 is 5.97 Å². The van der Waals surface area contributed by atoms with Gasteiger partial charge in [0.2, 0.25) is 0 Å². The van der Waals surface area contributed by atoms with Gasteiger partial charge in [-0.1, -0.05) is 25.7 Å². The second kappa shape index (κ2) is 6.47. The lowest BCUT2D eigenvalue weighted by Crippen LogP contribution is -2.21. The smallest absolute Gasteiger partial charge is 0.335 e. The molecule has 1 aromatic rings. The van der Waals surface area contributed by atoms with Gasteiger partial charge in [-0.15, -0.1) is 0 Å². The molecular weight excluding hydrogens is 292 g/mol. The third kappa shape index (κ3) is 3.37. The molecule has 0 radical (unpaired) electrons. The largest absolute Gasteiger partial charge is 0.495 e. The molecule has 1 saturated carbocycles. The molecule has 1 fully saturated rings. The Bertz CT molecular complexity index is 613. The summed E-state index contributed by atoms with van der Waals surface area (Å²) in [6.45, 7) is 0. The van der Waals surface area contributed by atoms with Crippen LogP contribution in [0.5, 0.6) is 5.75 Å². The molecule has 0 aliphatic heterocycles. The number of carboxylic acids is 1. The Morgan fingerprint density at radius 3 is 2.33 bits per heavy atom. The fourth-order valence-corrected chi connectivity index (χ4v) is 4.80. The molecule has 1 aliphatic carbocycles. The molecule has 0 spiro atoms. The molecule has 0 saturated heterocycles. The van der Waals surface area contributed by atoms with Crippen molar-refractivity contribution in [2.24, 2.45) is 0 Å². The monoisotopic (exact) mass is 312 g/mol. The summed E-state index contributed by atoms with van der Waals surface area (Å²) in [4.78, 5) is 11.1. The first-order chi connectivity index (χ1) is 9.96. The zero-order chi connectivity index (χ0) is 15.5. The second-order valence-electron chi connectivity index (χ2n) is 5.33. The average Bonchev–Trinajstić information content (AvgIpc) is 2.76. The van der Waals surface area contributed by atoms with Gasteiger partial charge in [0.25, 0.3) is 0 Å². The van der Waals surface area contributed by atoms with E-state index in [2.05, 4.69) is 0 Å². The van der Waals surface area contributed by atoms with E-state index in [9.17, 15) is 13.2 Å². The minimum absolute atomic E-state index is 0.00296. The summed E-state index contributed by atoms with van der Waals surface area (Å²) in [6.07, 6.45) is 5.15. The Hall–Kier alpha value is -1.56. The summed E-state index contributed by atoms with van der Waals surface area (Å²) in [5, 5.41) is 8.61. The van der Waals surface area contributed by atoms with Gasteiger partial charge < -0.3 is 9.84 Å². The van der Waals surface area contributed by atoms with Crippen molar-refractivity contribution < 1.29 is 23.1 Å². The van der Waals surface area contributed by atoms with Crippen molar-refractivity contribution in [3.8, 4) is 5.75 Å². The average molecular weight is 312 g/mol. The fraction of sp³-hybridized carbons (Fsp3) is 0.533. The van der Waals surface area contributed by atoms with Crippen LogP contribution in [0.3, 0.4) is 0 Å². The number of rotatable bonds is 4. The van der Waals surface area contributed by atoms with Crippen molar-refractivity contribution in [2.45, 2.75) is 48.7 Å². The first-order valence-electron chi connectivity index (χ1n) is 7.12. The van der Waals surface area contributed by atoms with E-state index < -0.39 is 21.1 Å². The van der Waals surface area contributed by atoms with Crippen molar-refractivity contribution in [1.82, 2.24) is 0 Å². The highest BCUT2D eigenvalue weighted by atomic mass is 32.2. The number of aromatic carboxylic acids is 1. The van der Waals surface area contributed by atoms with Crippen LogP contribution >= 0.6 is 0 Å². The summed E-state index contributed by atoms with van der Waals surface area (Å²) >= 11 is 0. The van der Waals surface area contributed by atoms with Crippen molar-refractivity contribution in [3.05, 3.63) is 23.8 Å². The Morgan fingerprint density at radius 1 is 1.19 bits per heavy atom. The van der Waals surface area contributed by atoms with Gasteiger partial charge in [-0.3, -0.25) is 0 Å². The summed E-state index contributed by atoms with van der Waals surface area (Å²) < 4.78 is 30.8. The normalized spacial score (nSPS) is 17.2. The number of ether oxygens (including phenoxy) is 1. The first kappa shape index (κ1) is 15.8. The molecule has 116 valence electrons. The van der Waals surface area contributed by atoms with Gasteiger partial charge in [0.1, 0.15) is 10.6 Å².